The molecule has 0 saturated heterocycles. The van der Waals surface area contributed by atoms with Gasteiger partial charge in [-0.05, 0) is 106 Å². The van der Waals surface area contributed by atoms with Gasteiger partial charge in [-0.2, -0.15) is 0 Å². The minimum Gasteiger partial charge on any atom is -0.481 e. The average molecular weight is 426 g/mol. The molecule has 0 heterocycles. The van der Waals surface area contributed by atoms with E-state index in [1.807, 2.05) is 6.07 Å². The van der Waals surface area contributed by atoms with Gasteiger partial charge in [0.15, 0.2) is 0 Å². The molecule has 1 N–H and O–H groups in total. The fourth-order valence-corrected chi connectivity index (χ4v) is 7.61. The Morgan fingerprint density at radius 1 is 1.10 bits per heavy atom. The van der Waals surface area contributed by atoms with Crippen LogP contribution in [0, 0.1) is 23.2 Å². The molecule has 31 heavy (non-hydrogen) atoms. The number of carboxylic acids is 1. The van der Waals surface area contributed by atoms with Crippen LogP contribution in [0.15, 0.2) is 18.2 Å². The number of nitrogens with zero attached hydrogens (tertiary/aromatic N) is 1. The molecule has 4 nitrogen and oxygen atoms in total. The summed E-state index contributed by atoms with van der Waals surface area (Å²) in [5, 5.41) is 9.14. The van der Waals surface area contributed by atoms with Crippen molar-refractivity contribution in [1.29, 1.82) is 0 Å². The van der Waals surface area contributed by atoms with E-state index in [1.165, 1.54) is 24.0 Å². The van der Waals surface area contributed by atoms with Crippen molar-refractivity contribution in [3.8, 4) is 0 Å². The molecule has 170 valence electrons. The summed E-state index contributed by atoms with van der Waals surface area (Å²) in [6.45, 7) is 11.0. The third kappa shape index (κ3) is 3.81. The molecule has 4 rings (SSSR count). The smallest absolute Gasteiger partial charge is 0.307 e. The van der Waals surface area contributed by atoms with E-state index >= 15 is 0 Å². The van der Waals surface area contributed by atoms with Gasteiger partial charge >= 0.3 is 5.97 Å². The van der Waals surface area contributed by atoms with Crippen LogP contribution in [0.5, 0.6) is 0 Å². The van der Waals surface area contributed by atoms with E-state index in [0.29, 0.717) is 23.7 Å². The number of carboxylic acid groups (broad SMARTS) is 1. The number of fused-ring (bicyclic) bond motifs is 5. The minimum atomic E-state index is -0.763. The maximum atomic E-state index is 13.7. The van der Waals surface area contributed by atoms with Gasteiger partial charge in [0.2, 0.25) is 5.91 Å². The summed E-state index contributed by atoms with van der Waals surface area (Å²) >= 11 is 0. The molecule has 0 bridgehead atoms. The van der Waals surface area contributed by atoms with Gasteiger partial charge in [0, 0.05) is 18.0 Å². The Hall–Kier alpha value is -1.84. The van der Waals surface area contributed by atoms with Crippen LogP contribution in [0.3, 0.4) is 0 Å². The molecule has 2 saturated carbocycles. The molecular formula is C27H39NO3. The second-order valence-electron chi connectivity index (χ2n) is 11.1. The number of benzene rings is 1. The Labute approximate surface area is 187 Å². The highest BCUT2D eigenvalue weighted by Crippen LogP contribution is 2.63. The fourth-order valence-electron chi connectivity index (χ4n) is 7.61. The van der Waals surface area contributed by atoms with Crippen molar-refractivity contribution in [3.63, 3.8) is 0 Å². The summed E-state index contributed by atoms with van der Waals surface area (Å²) in [7, 11) is 0. The summed E-state index contributed by atoms with van der Waals surface area (Å²) in [5.74, 6) is 1.61. The van der Waals surface area contributed by atoms with Gasteiger partial charge in [-0.3, -0.25) is 9.59 Å². The number of aryl methyl sites for hydroxylation is 1. The van der Waals surface area contributed by atoms with Crippen LogP contribution in [0.25, 0.3) is 0 Å². The molecule has 3 aliphatic carbocycles. The van der Waals surface area contributed by atoms with E-state index in [9.17, 15) is 9.59 Å². The fraction of sp³-hybridized carbons (Fsp3) is 0.704. The van der Waals surface area contributed by atoms with Crippen molar-refractivity contribution in [2.24, 2.45) is 23.2 Å². The van der Waals surface area contributed by atoms with Gasteiger partial charge in [0.25, 0.3) is 0 Å². The highest BCUT2D eigenvalue weighted by molar-refractivity contribution is 5.80. The third-order valence-electron chi connectivity index (χ3n) is 8.81. The molecule has 5 atom stereocenters. The maximum Gasteiger partial charge on any atom is 0.307 e. The molecule has 3 aliphatic rings. The first kappa shape index (κ1) is 22.4. The van der Waals surface area contributed by atoms with Crippen LogP contribution in [-0.4, -0.2) is 34.0 Å². The topological polar surface area (TPSA) is 57.6 Å². The largest absolute Gasteiger partial charge is 0.481 e. The Morgan fingerprint density at radius 2 is 1.81 bits per heavy atom. The number of hydrogen-bond donors (Lipinski definition) is 1. The zero-order chi connectivity index (χ0) is 22.5. The zero-order valence-corrected chi connectivity index (χ0v) is 19.9. The van der Waals surface area contributed by atoms with E-state index in [-0.39, 0.29) is 29.8 Å². The second-order valence-corrected chi connectivity index (χ2v) is 11.1. The lowest BCUT2D eigenvalue weighted by Gasteiger charge is -2.51. The molecule has 4 heteroatoms. The third-order valence-corrected chi connectivity index (χ3v) is 8.81. The van der Waals surface area contributed by atoms with Gasteiger partial charge in [0.05, 0.1) is 6.42 Å². The Bertz CT molecular complexity index is 852. The van der Waals surface area contributed by atoms with Crippen molar-refractivity contribution >= 4 is 11.9 Å². The summed E-state index contributed by atoms with van der Waals surface area (Å²) in [6, 6.07) is 6.86. The van der Waals surface area contributed by atoms with Crippen LogP contribution in [0.1, 0.15) is 89.3 Å². The normalized spacial score (nSPS) is 31.8. The van der Waals surface area contributed by atoms with Crippen LogP contribution < -0.4 is 0 Å². The molecule has 2 fully saturated rings. The first-order valence-electron chi connectivity index (χ1n) is 12.3. The van der Waals surface area contributed by atoms with Crippen molar-refractivity contribution in [2.45, 2.75) is 97.6 Å². The summed E-state index contributed by atoms with van der Waals surface area (Å²) in [6.07, 6.45) is 6.79. The van der Waals surface area contributed by atoms with Gasteiger partial charge in [-0.25, -0.2) is 0 Å². The second kappa shape index (κ2) is 8.26. The molecule has 3 unspecified atom stereocenters. The van der Waals surface area contributed by atoms with Crippen molar-refractivity contribution in [2.75, 3.05) is 0 Å². The van der Waals surface area contributed by atoms with Crippen LogP contribution >= 0.6 is 0 Å². The number of aliphatic carboxylic acids is 1. The van der Waals surface area contributed by atoms with Crippen molar-refractivity contribution in [3.05, 3.63) is 34.9 Å². The lowest BCUT2D eigenvalue weighted by atomic mass is 9.54. The molecular weight excluding hydrogens is 386 g/mol. The van der Waals surface area contributed by atoms with E-state index in [4.69, 9.17) is 5.11 Å². The Balaban J connectivity index is 1.57. The highest BCUT2D eigenvalue weighted by atomic mass is 16.4. The van der Waals surface area contributed by atoms with E-state index in [0.717, 1.165) is 31.2 Å². The first-order chi connectivity index (χ1) is 14.6. The predicted molar refractivity (Wildman–Crippen MR) is 123 cm³/mol. The average Bonchev–Trinajstić information content (AvgIpc) is 3.03. The van der Waals surface area contributed by atoms with Crippen molar-refractivity contribution in [1.82, 2.24) is 4.90 Å². The van der Waals surface area contributed by atoms with E-state index in [1.54, 1.807) is 0 Å². The summed E-state index contributed by atoms with van der Waals surface area (Å²) < 4.78 is 0. The minimum absolute atomic E-state index is 0.105. The highest BCUT2D eigenvalue weighted by Gasteiger charge is 2.57. The summed E-state index contributed by atoms with van der Waals surface area (Å²) in [5.41, 5.74) is 3.84. The van der Waals surface area contributed by atoms with Crippen LogP contribution in [0.4, 0.5) is 0 Å². The predicted octanol–water partition coefficient (Wildman–Crippen LogP) is 5.43. The molecule has 1 aromatic carbocycles. The van der Waals surface area contributed by atoms with Crippen molar-refractivity contribution < 1.29 is 14.7 Å². The standard InChI is InChI=1S/C27H39NO3/c1-16(2)28(17(3)4)26(31)24-11-10-23-22-9-7-19-14-18(15-25(29)30)6-8-20(19)21(22)12-13-27(23,24)5/h6,8,14,16-17,21-24H,7,9-13,15H2,1-5H3,(H,29,30)/t21?,22?,23?,24-,27+/m1/s1. The Kier molecular flexibility index (Phi) is 5.95. The number of amides is 1. The molecule has 0 radical (unpaired) electrons. The van der Waals surface area contributed by atoms with E-state index < -0.39 is 5.97 Å². The number of carbonyl (C=O) groups is 2. The summed E-state index contributed by atoms with van der Waals surface area (Å²) in [4.78, 5) is 26.9. The van der Waals surface area contributed by atoms with Gasteiger partial charge in [-0.15, -0.1) is 0 Å². The lowest BCUT2D eigenvalue weighted by Crippen LogP contribution is -2.50. The quantitative estimate of drug-likeness (QED) is 0.684. The van der Waals surface area contributed by atoms with Gasteiger partial charge < -0.3 is 10.0 Å². The SMILES string of the molecule is CC(C)N(C(=O)[C@H]1CCC2C3CCc4cc(CC(=O)O)ccc4C3CC[C@@]21C)C(C)C. The maximum absolute atomic E-state index is 13.7. The molecule has 1 aromatic rings. The Morgan fingerprint density at radius 3 is 2.45 bits per heavy atom. The first-order valence-corrected chi connectivity index (χ1v) is 12.3. The number of hydrogen-bond acceptors (Lipinski definition) is 2. The van der Waals surface area contributed by atoms with Crippen LogP contribution in [0.2, 0.25) is 0 Å². The number of carbonyl (C=O) groups excluding carboxylic acids is 1. The monoisotopic (exact) mass is 425 g/mol. The molecule has 0 aromatic heterocycles. The molecule has 0 aliphatic heterocycles. The lowest BCUT2D eigenvalue weighted by molar-refractivity contribution is -0.145. The molecule has 1 amide bonds. The van der Waals surface area contributed by atoms with E-state index in [2.05, 4.69) is 51.7 Å². The van der Waals surface area contributed by atoms with Gasteiger partial charge in [-0.1, -0.05) is 25.1 Å². The van der Waals surface area contributed by atoms with Gasteiger partial charge in [0.1, 0.15) is 0 Å². The zero-order valence-electron chi connectivity index (χ0n) is 19.9. The molecule has 0 spiro atoms. The number of rotatable bonds is 5. The van der Waals surface area contributed by atoms with Crippen LogP contribution in [-0.2, 0) is 22.4 Å².